The van der Waals surface area contributed by atoms with Crippen LogP contribution < -0.4 is 10.2 Å². The van der Waals surface area contributed by atoms with E-state index < -0.39 is 4.92 Å². The molecule has 1 N–H and O–H groups in total. The van der Waals surface area contributed by atoms with Crippen molar-refractivity contribution in [2.45, 2.75) is 40.0 Å². The summed E-state index contributed by atoms with van der Waals surface area (Å²) in [7, 11) is 0. The highest BCUT2D eigenvalue weighted by molar-refractivity contribution is 5.95. The van der Waals surface area contributed by atoms with Crippen LogP contribution in [-0.2, 0) is 4.79 Å². The van der Waals surface area contributed by atoms with E-state index >= 15 is 0 Å². The number of nitro benzene ring substituents is 1. The normalized spacial score (nSPS) is 28.1. The van der Waals surface area contributed by atoms with Crippen molar-refractivity contribution in [1.29, 1.82) is 0 Å². The standard InChI is InChI=1S/C18H23N3O4/c1-17(2)12-7-8-18(17,3)15(9-12)19-20-16(22)11-25-14-6-4-5-13(10-14)21(23)24/h4-6,10,12H,7-9,11H2,1-3H3,(H,20,22)/b19-15+. The maximum absolute atomic E-state index is 12.0. The predicted molar refractivity (Wildman–Crippen MR) is 93.4 cm³/mol. The predicted octanol–water partition coefficient (Wildman–Crippen LogP) is 3.29. The third-order valence-corrected chi connectivity index (χ3v) is 6.23. The second-order valence-electron chi connectivity index (χ2n) is 7.63. The minimum atomic E-state index is -0.503. The summed E-state index contributed by atoms with van der Waals surface area (Å²) in [6.45, 7) is 6.55. The summed E-state index contributed by atoms with van der Waals surface area (Å²) in [5, 5.41) is 15.1. The van der Waals surface area contributed by atoms with Crippen molar-refractivity contribution in [2.75, 3.05) is 6.61 Å². The van der Waals surface area contributed by atoms with Gasteiger partial charge in [-0.2, -0.15) is 5.10 Å². The van der Waals surface area contributed by atoms with Crippen molar-refractivity contribution in [3.8, 4) is 5.75 Å². The minimum absolute atomic E-state index is 0.0336. The van der Waals surface area contributed by atoms with Gasteiger partial charge in [-0.15, -0.1) is 0 Å². The van der Waals surface area contributed by atoms with Gasteiger partial charge in [0.2, 0.25) is 0 Å². The Labute approximate surface area is 146 Å². The van der Waals surface area contributed by atoms with E-state index in [0.29, 0.717) is 5.92 Å². The molecule has 0 radical (unpaired) electrons. The summed E-state index contributed by atoms with van der Waals surface area (Å²) in [6.07, 6.45) is 3.24. The fourth-order valence-electron chi connectivity index (χ4n) is 4.10. The summed E-state index contributed by atoms with van der Waals surface area (Å²) in [4.78, 5) is 22.2. The Morgan fingerprint density at radius 3 is 2.80 bits per heavy atom. The van der Waals surface area contributed by atoms with E-state index in [9.17, 15) is 14.9 Å². The lowest BCUT2D eigenvalue weighted by molar-refractivity contribution is -0.384. The molecule has 2 fully saturated rings. The summed E-state index contributed by atoms with van der Waals surface area (Å²) >= 11 is 0. The van der Waals surface area contributed by atoms with Crippen LogP contribution in [0.1, 0.15) is 40.0 Å². The molecule has 2 atom stereocenters. The molecule has 1 amide bonds. The monoisotopic (exact) mass is 345 g/mol. The molecule has 0 saturated heterocycles. The number of nitro groups is 1. The summed E-state index contributed by atoms with van der Waals surface area (Å²) in [5.41, 5.74) is 3.79. The first-order chi connectivity index (χ1) is 11.7. The van der Waals surface area contributed by atoms with Gasteiger partial charge in [-0.05, 0) is 36.7 Å². The number of amides is 1. The molecule has 0 heterocycles. The topological polar surface area (TPSA) is 93.8 Å². The fraction of sp³-hybridized carbons (Fsp3) is 0.556. The van der Waals surface area contributed by atoms with Crippen molar-refractivity contribution in [3.63, 3.8) is 0 Å². The number of hydrogen-bond acceptors (Lipinski definition) is 5. The van der Waals surface area contributed by atoms with E-state index in [2.05, 4.69) is 31.3 Å². The van der Waals surface area contributed by atoms with Crippen LogP contribution in [0.25, 0.3) is 0 Å². The van der Waals surface area contributed by atoms with Crippen LogP contribution in [0, 0.1) is 26.9 Å². The fourth-order valence-corrected chi connectivity index (χ4v) is 4.10. The second kappa shape index (κ2) is 6.13. The van der Waals surface area contributed by atoms with Gasteiger partial charge in [0.25, 0.3) is 11.6 Å². The van der Waals surface area contributed by atoms with Crippen molar-refractivity contribution in [2.24, 2.45) is 21.8 Å². The van der Waals surface area contributed by atoms with Crippen molar-refractivity contribution >= 4 is 17.3 Å². The maximum Gasteiger partial charge on any atom is 0.277 e. The van der Waals surface area contributed by atoms with Gasteiger partial charge in [0.15, 0.2) is 6.61 Å². The lowest BCUT2D eigenvalue weighted by Gasteiger charge is -2.34. The number of hydrogen-bond donors (Lipinski definition) is 1. The average molecular weight is 345 g/mol. The van der Waals surface area contributed by atoms with E-state index in [1.165, 1.54) is 24.6 Å². The van der Waals surface area contributed by atoms with Crippen LogP contribution in [0.2, 0.25) is 0 Å². The molecule has 1 aromatic carbocycles. The number of carbonyl (C=O) groups is 1. The van der Waals surface area contributed by atoms with Gasteiger partial charge < -0.3 is 4.74 Å². The van der Waals surface area contributed by atoms with E-state index in [1.807, 2.05) is 0 Å². The average Bonchev–Trinajstić information content (AvgIpc) is 2.91. The van der Waals surface area contributed by atoms with E-state index in [-0.39, 0.29) is 34.8 Å². The third kappa shape index (κ3) is 2.99. The van der Waals surface area contributed by atoms with Gasteiger partial charge >= 0.3 is 0 Å². The lowest BCUT2D eigenvalue weighted by Crippen LogP contribution is -2.35. The van der Waals surface area contributed by atoms with Gasteiger partial charge in [-0.3, -0.25) is 14.9 Å². The molecule has 2 unspecified atom stereocenters. The largest absolute Gasteiger partial charge is 0.483 e. The Morgan fingerprint density at radius 2 is 2.20 bits per heavy atom. The second-order valence-corrected chi connectivity index (χ2v) is 7.63. The highest BCUT2D eigenvalue weighted by atomic mass is 16.6. The number of nitrogens with one attached hydrogen (secondary N) is 1. The molecular weight excluding hydrogens is 322 g/mol. The Kier molecular flexibility index (Phi) is 4.26. The molecule has 134 valence electrons. The zero-order valence-corrected chi connectivity index (χ0v) is 14.7. The Morgan fingerprint density at radius 1 is 1.44 bits per heavy atom. The third-order valence-electron chi connectivity index (χ3n) is 6.23. The number of ether oxygens (including phenoxy) is 1. The number of fused-ring (bicyclic) bond motifs is 2. The Bertz CT molecular complexity index is 744. The highest BCUT2D eigenvalue weighted by Crippen LogP contribution is 2.63. The molecule has 7 heteroatoms. The zero-order chi connectivity index (χ0) is 18.2. The molecule has 0 aromatic heterocycles. The first-order valence-corrected chi connectivity index (χ1v) is 8.47. The number of nitrogens with zero attached hydrogens (tertiary/aromatic N) is 2. The van der Waals surface area contributed by atoms with E-state index in [4.69, 9.17) is 4.74 Å². The molecule has 3 rings (SSSR count). The van der Waals surface area contributed by atoms with Crippen molar-refractivity contribution < 1.29 is 14.5 Å². The number of rotatable bonds is 5. The molecule has 2 aliphatic rings. The summed E-state index contributed by atoms with van der Waals surface area (Å²) < 4.78 is 5.32. The van der Waals surface area contributed by atoms with Gasteiger partial charge in [0, 0.05) is 17.2 Å². The van der Waals surface area contributed by atoms with Crippen molar-refractivity contribution in [1.82, 2.24) is 5.43 Å². The molecular formula is C18H23N3O4. The molecule has 1 aromatic rings. The van der Waals surface area contributed by atoms with Gasteiger partial charge in [-0.1, -0.05) is 26.8 Å². The molecule has 2 bridgehead atoms. The van der Waals surface area contributed by atoms with Crippen LogP contribution in [0.5, 0.6) is 5.75 Å². The molecule has 0 aliphatic heterocycles. The van der Waals surface area contributed by atoms with Gasteiger partial charge in [0.05, 0.1) is 11.0 Å². The van der Waals surface area contributed by atoms with Crippen LogP contribution in [0.4, 0.5) is 5.69 Å². The maximum atomic E-state index is 12.0. The van der Waals surface area contributed by atoms with E-state index in [1.54, 1.807) is 6.07 Å². The van der Waals surface area contributed by atoms with Gasteiger partial charge in [-0.25, -0.2) is 5.43 Å². The van der Waals surface area contributed by atoms with Gasteiger partial charge in [0.1, 0.15) is 5.75 Å². The molecule has 2 saturated carbocycles. The zero-order valence-electron chi connectivity index (χ0n) is 14.7. The Balaban J connectivity index is 1.57. The number of non-ortho nitro benzene ring substituents is 1. The van der Waals surface area contributed by atoms with Crippen molar-refractivity contribution in [3.05, 3.63) is 34.4 Å². The number of carbonyl (C=O) groups excluding carboxylic acids is 1. The van der Waals surface area contributed by atoms with Crippen LogP contribution in [0.3, 0.4) is 0 Å². The van der Waals surface area contributed by atoms with Crippen LogP contribution in [-0.4, -0.2) is 23.1 Å². The quantitative estimate of drug-likeness (QED) is 0.654. The molecule has 2 aliphatic carbocycles. The molecule has 25 heavy (non-hydrogen) atoms. The number of hydrazone groups is 1. The first-order valence-electron chi connectivity index (χ1n) is 8.47. The first kappa shape index (κ1) is 17.4. The van der Waals surface area contributed by atoms with E-state index in [0.717, 1.165) is 18.6 Å². The lowest BCUT2D eigenvalue weighted by atomic mass is 9.70. The smallest absolute Gasteiger partial charge is 0.277 e. The SMILES string of the molecule is CC12CCC(C/C1=N\NC(=O)COc1cccc([N+](=O)[O-])c1)C2(C)C. The van der Waals surface area contributed by atoms with Crippen LogP contribution >= 0.6 is 0 Å². The van der Waals surface area contributed by atoms with Crippen LogP contribution in [0.15, 0.2) is 29.4 Å². The molecule has 0 spiro atoms. The minimum Gasteiger partial charge on any atom is -0.483 e. The number of benzene rings is 1. The summed E-state index contributed by atoms with van der Waals surface area (Å²) in [6, 6.07) is 5.75. The summed E-state index contributed by atoms with van der Waals surface area (Å²) in [5.74, 6) is 0.530. The Hall–Kier alpha value is -2.44. The molecule has 7 nitrogen and oxygen atoms in total. The highest BCUT2D eigenvalue weighted by Gasteiger charge is 2.59.